The Morgan fingerprint density at radius 2 is 1.81 bits per heavy atom. The number of nitriles is 1. The zero-order valence-corrected chi connectivity index (χ0v) is 23.2. The van der Waals surface area contributed by atoms with Crippen molar-refractivity contribution in [2.45, 2.75) is 32.7 Å². The second-order valence-corrected chi connectivity index (χ2v) is 10.5. The molecule has 0 aliphatic carbocycles. The number of H-pyrrole nitrogens is 1. The Kier molecular flexibility index (Phi) is 7.31. The topological polar surface area (TPSA) is 139 Å². The molecule has 0 bridgehead atoms. The molecule has 3 aromatic carbocycles. The van der Waals surface area contributed by atoms with Crippen LogP contribution in [0.5, 0.6) is 0 Å². The van der Waals surface area contributed by atoms with Gasteiger partial charge in [0.1, 0.15) is 11.4 Å². The number of hydrogen-bond acceptors (Lipinski definition) is 6. The second kappa shape index (κ2) is 10.9. The van der Waals surface area contributed by atoms with E-state index >= 15 is 0 Å². The fraction of sp³-hybridized carbons (Fsp3) is 0.226. The van der Waals surface area contributed by atoms with E-state index in [4.69, 9.17) is 0 Å². The molecular formula is C31H27FN6O4. The van der Waals surface area contributed by atoms with Crippen LogP contribution in [0.4, 0.5) is 14.9 Å². The first-order chi connectivity index (χ1) is 20.0. The summed E-state index contributed by atoms with van der Waals surface area (Å²) in [5.41, 5.74) is 0.921. The third kappa shape index (κ3) is 4.99. The van der Waals surface area contributed by atoms with E-state index in [1.807, 2.05) is 0 Å². The van der Waals surface area contributed by atoms with Crippen molar-refractivity contribution in [2.75, 3.05) is 18.0 Å². The summed E-state index contributed by atoms with van der Waals surface area (Å²) in [5.74, 6) is -1.83. The van der Waals surface area contributed by atoms with E-state index in [-0.39, 0.29) is 30.6 Å². The van der Waals surface area contributed by atoms with E-state index in [2.05, 4.69) is 21.6 Å². The minimum Gasteiger partial charge on any atom is -0.350 e. The molecule has 0 atom stereocenters. The fourth-order valence-electron chi connectivity index (χ4n) is 5.08. The molecule has 2 heterocycles. The van der Waals surface area contributed by atoms with Gasteiger partial charge in [-0.3, -0.25) is 14.4 Å². The van der Waals surface area contributed by atoms with Crippen molar-refractivity contribution in [3.05, 3.63) is 105 Å². The summed E-state index contributed by atoms with van der Waals surface area (Å²) in [5, 5.41) is 19.6. The fourth-order valence-corrected chi connectivity index (χ4v) is 5.08. The van der Waals surface area contributed by atoms with Gasteiger partial charge in [-0.1, -0.05) is 24.3 Å². The summed E-state index contributed by atoms with van der Waals surface area (Å²) >= 11 is 0. The van der Waals surface area contributed by atoms with Gasteiger partial charge in [0, 0.05) is 24.9 Å². The van der Waals surface area contributed by atoms with E-state index in [9.17, 15) is 28.8 Å². The highest BCUT2D eigenvalue weighted by molar-refractivity contribution is 6.23. The van der Waals surface area contributed by atoms with Gasteiger partial charge in [-0.2, -0.15) is 10.4 Å². The standard InChI is InChI=1S/C31H27FN6O4/c1-18-14-21(10-9-20(18)17-33)38-29(41)31(2,3)37(30(38)42)13-12-34-27(39)24-15-19(8-11-25(24)32)16-26-22-6-4-5-7-23(22)28(40)36-35-26/h4-11,14-15H,12-13,16H2,1-3H3,(H,34,39)(H,36,40). The molecule has 2 N–H and O–H groups in total. The number of fused-ring (bicyclic) bond motifs is 1. The predicted molar refractivity (Wildman–Crippen MR) is 153 cm³/mol. The number of aromatic amines is 1. The maximum Gasteiger partial charge on any atom is 0.332 e. The van der Waals surface area contributed by atoms with Crippen LogP contribution in [0.2, 0.25) is 0 Å². The molecular weight excluding hydrogens is 539 g/mol. The zero-order valence-electron chi connectivity index (χ0n) is 23.2. The predicted octanol–water partition coefficient (Wildman–Crippen LogP) is 3.81. The van der Waals surface area contributed by atoms with Crippen molar-refractivity contribution >= 4 is 34.3 Å². The van der Waals surface area contributed by atoms with Gasteiger partial charge in [0.25, 0.3) is 17.4 Å². The molecule has 1 aromatic heterocycles. The number of rotatable bonds is 7. The zero-order chi connectivity index (χ0) is 30.2. The normalized spacial score (nSPS) is 14.4. The molecule has 1 saturated heterocycles. The lowest BCUT2D eigenvalue weighted by molar-refractivity contribution is -0.123. The number of imide groups is 1. The van der Waals surface area contributed by atoms with Gasteiger partial charge >= 0.3 is 6.03 Å². The molecule has 1 aliphatic heterocycles. The monoisotopic (exact) mass is 566 g/mol. The van der Waals surface area contributed by atoms with Gasteiger partial charge in [0.2, 0.25) is 0 Å². The number of urea groups is 1. The largest absolute Gasteiger partial charge is 0.350 e. The molecule has 0 radical (unpaired) electrons. The van der Waals surface area contributed by atoms with Crippen molar-refractivity contribution in [3.8, 4) is 6.07 Å². The number of aryl methyl sites for hydroxylation is 1. The Labute approximate surface area is 240 Å². The van der Waals surface area contributed by atoms with Crippen LogP contribution in [-0.4, -0.2) is 51.6 Å². The number of anilines is 1. The van der Waals surface area contributed by atoms with Crippen LogP contribution in [0, 0.1) is 24.1 Å². The van der Waals surface area contributed by atoms with Crippen LogP contribution in [-0.2, 0) is 11.2 Å². The van der Waals surface area contributed by atoms with Crippen molar-refractivity contribution in [3.63, 3.8) is 0 Å². The molecule has 42 heavy (non-hydrogen) atoms. The lowest BCUT2D eigenvalue weighted by atomic mass is 10.0. The molecule has 0 spiro atoms. The van der Waals surface area contributed by atoms with Crippen LogP contribution >= 0.6 is 0 Å². The van der Waals surface area contributed by atoms with Gasteiger partial charge in [-0.15, -0.1) is 0 Å². The smallest absolute Gasteiger partial charge is 0.332 e. The number of benzene rings is 3. The third-order valence-electron chi connectivity index (χ3n) is 7.46. The highest BCUT2D eigenvalue weighted by atomic mass is 19.1. The molecule has 5 rings (SSSR count). The van der Waals surface area contributed by atoms with Crippen LogP contribution in [0.15, 0.2) is 65.5 Å². The van der Waals surface area contributed by atoms with Gasteiger partial charge < -0.3 is 10.2 Å². The molecule has 0 saturated carbocycles. The Morgan fingerprint density at radius 1 is 1.07 bits per heavy atom. The maximum absolute atomic E-state index is 14.7. The van der Waals surface area contributed by atoms with Crippen molar-refractivity contribution in [1.29, 1.82) is 5.26 Å². The minimum absolute atomic E-state index is 0.00364. The lowest BCUT2D eigenvalue weighted by Gasteiger charge is -2.27. The summed E-state index contributed by atoms with van der Waals surface area (Å²) in [6.45, 7) is 4.92. The van der Waals surface area contributed by atoms with E-state index in [0.717, 1.165) is 4.90 Å². The third-order valence-corrected chi connectivity index (χ3v) is 7.46. The van der Waals surface area contributed by atoms with Crippen LogP contribution < -0.4 is 15.8 Å². The highest BCUT2D eigenvalue weighted by Gasteiger charge is 2.51. The maximum atomic E-state index is 14.7. The molecule has 0 unspecified atom stereocenters. The Bertz CT molecular complexity index is 1860. The molecule has 1 aliphatic rings. The Morgan fingerprint density at radius 3 is 2.52 bits per heavy atom. The summed E-state index contributed by atoms with van der Waals surface area (Å²) in [6.07, 6.45) is 0.251. The first kappa shape index (κ1) is 28.2. The molecule has 1 fully saturated rings. The van der Waals surface area contributed by atoms with Crippen LogP contribution in [0.3, 0.4) is 0 Å². The average molecular weight is 567 g/mol. The van der Waals surface area contributed by atoms with E-state index in [1.54, 1.807) is 69.3 Å². The minimum atomic E-state index is -1.19. The quantitative estimate of drug-likeness (QED) is 0.326. The van der Waals surface area contributed by atoms with Gasteiger partial charge in [0.05, 0.1) is 34.0 Å². The molecule has 4 aromatic rings. The highest BCUT2D eigenvalue weighted by Crippen LogP contribution is 2.32. The van der Waals surface area contributed by atoms with E-state index in [1.165, 1.54) is 17.0 Å². The van der Waals surface area contributed by atoms with Crippen molar-refractivity contribution < 1.29 is 18.8 Å². The number of nitrogens with one attached hydrogen (secondary N) is 2. The Hall–Kier alpha value is -5.37. The number of amides is 4. The van der Waals surface area contributed by atoms with Gasteiger partial charge in [-0.25, -0.2) is 19.2 Å². The number of aromatic nitrogens is 2. The van der Waals surface area contributed by atoms with Crippen LogP contribution in [0.25, 0.3) is 10.8 Å². The van der Waals surface area contributed by atoms with E-state index < -0.39 is 29.2 Å². The first-order valence-corrected chi connectivity index (χ1v) is 13.2. The summed E-state index contributed by atoms with van der Waals surface area (Å²) in [4.78, 5) is 54.0. The summed E-state index contributed by atoms with van der Waals surface area (Å²) in [6, 6.07) is 17.4. The number of nitrogens with zero attached hydrogens (tertiary/aromatic N) is 4. The lowest BCUT2D eigenvalue weighted by Crippen LogP contribution is -2.47. The number of halogens is 1. The molecule has 4 amide bonds. The average Bonchev–Trinajstić information content (AvgIpc) is 3.14. The van der Waals surface area contributed by atoms with Gasteiger partial charge in [0.15, 0.2) is 0 Å². The van der Waals surface area contributed by atoms with Crippen molar-refractivity contribution in [1.82, 2.24) is 20.4 Å². The molecule has 11 heteroatoms. The Balaban J connectivity index is 1.29. The van der Waals surface area contributed by atoms with E-state index in [0.29, 0.717) is 38.8 Å². The van der Waals surface area contributed by atoms with Crippen molar-refractivity contribution in [2.24, 2.45) is 0 Å². The molecule has 212 valence electrons. The summed E-state index contributed by atoms with van der Waals surface area (Å²) in [7, 11) is 0. The van der Waals surface area contributed by atoms with Gasteiger partial charge in [-0.05, 0) is 68.3 Å². The number of hydrogen-bond donors (Lipinski definition) is 2. The van der Waals surface area contributed by atoms with Crippen LogP contribution in [0.1, 0.15) is 46.6 Å². The summed E-state index contributed by atoms with van der Waals surface area (Å²) < 4.78 is 14.7. The molecule has 10 nitrogen and oxygen atoms in total. The second-order valence-electron chi connectivity index (χ2n) is 10.5. The number of carbonyl (C=O) groups excluding carboxylic acids is 3. The first-order valence-electron chi connectivity index (χ1n) is 13.2. The SMILES string of the molecule is Cc1cc(N2C(=O)N(CCNC(=O)c3cc(Cc4n[nH]c(=O)c5ccccc45)ccc3F)C(C)(C)C2=O)ccc1C#N. The number of carbonyl (C=O) groups is 3.